The summed E-state index contributed by atoms with van der Waals surface area (Å²) in [5.41, 5.74) is 0. The number of nitrogens with zero attached hydrogens (tertiary/aromatic N) is 1. The van der Waals surface area contributed by atoms with Crippen molar-refractivity contribution in [1.82, 2.24) is 4.90 Å². The zero-order chi connectivity index (χ0) is 19.3. The fourth-order valence-corrected chi connectivity index (χ4v) is 2.84. The van der Waals surface area contributed by atoms with Crippen molar-refractivity contribution in [3.8, 4) is 0 Å². The summed E-state index contributed by atoms with van der Waals surface area (Å²) in [6.07, 6.45) is 2.49. The molecule has 0 aromatic carbocycles. The zero-order valence-electron chi connectivity index (χ0n) is 15.2. The molecule has 8 nitrogen and oxygen atoms in total. The van der Waals surface area contributed by atoms with E-state index in [1.807, 2.05) is 13.8 Å². The number of rotatable bonds is 7. The number of carbonyl (C=O) groups is 3. The van der Waals surface area contributed by atoms with E-state index in [2.05, 4.69) is 0 Å². The molecular formula is C18H25NO7. The van der Waals surface area contributed by atoms with Gasteiger partial charge in [0.05, 0.1) is 6.04 Å². The van der Waals surface area contributed by atoms with Crippen LogP contribution in [0.2, 0.25) is 0 Å². The molecule has 2 amide bonds. The predicted octanol–water partition coefficient (Wildman–Crippen LogP) is 1.19. The summed E-state index contributed by atoms with van der Waals surface area (Å²) in [7, 11) is 1.29. The fourth-order valence-electron chi connectivity index (χ4n) is 2.84. The molecule has 0 radical (unpaired) electrons. The molecule has 0 saturated carbocycles. The van der Waals surface area contributed by atoms with E-state index in [0.717, 1.165) is 4.90 Å². The maximum absolute atomic E-state index is 12.9. The third-order valence-electron chi connectivity index (χ3n) is 4.35. The first-order chi connectivity index (χ1) is 12.4. The first-order valence-corrected chi connectivity index (χ1v) is 8.63. The lowest BCUT2D eigenvalue weighted by molar-refractivity contribution is -0.154. The Morgan fingerprint density at radius 1 is 1.42 bits per heavy atom. The van der Waals surface area contributed by atoms with Crippen LogP contribution >= 0.6 is 0 Å². The summed E-state index contributed by atoms with van der Waals surface area (Å²) in [6, 6.07) is -0.415. The molecule has 144 valence electrons. The first-order valence-electron chi connectivity index (χ1n) is 8.63. The highest BCUT2D eigenvalue weighted by atomic mass is 16.6. The number of hydrogen-bond donors (Lipinski definition) is 1. The third kappa shape index (κ3) is 4.31. The van der Waals surface area contributed by atoms with Crippen molar-refractivity contribution in [2.24, 2.45) is 5.92 Å². The second-order valence-corrected chi connectivity index (χ2v) is 6.50. The highest BCUT2D eigenvalue weighted by Crippen LogP contribution is 2.25. The zero-order valence-corrected chi connectivity index (χ0v) is 15.2. The number of ketones is 1. The van der Waals surface area contributed by atoms with Gasteiger partial charge in [-0.3, -0.25) is 9.59 Å². The molecule has 1 saturated heterocycles. The van der Waals surface area contributed by atoms with Gasteiger partial charge >= 0.3 is 6.09 Å². The average molecular weight is 367 g/mol. The Balaban J connectivity index is 2.19. The number of imide groups is 1. The molecule has 0 spiro atoms. The molecule has 0 aromatic rings. The lowest BCUT2D eigenvalue weighted by atomic mass is 10.0. The molecule has 1 N–H and O–H groups in total. The lowest BCUT2D eigenvalue weighted by Crippen LogP contribution is -2.53. The molecule has 2 rings (SSSR count). The van der Waals surface area contributed by atoms with Gasteiger partial charge in [-0.15, -0.1) is 0 Å². The van der Waals surface area contributed by atoms with Gasteiger partial charge in [-0.2, -0.15) is 0 Å². The molecule has 8 heteroatoms. The molecule has 26 heavy (non-hydrogen) atoms. The van der Waals surface area contributed by atoms with Crippen molar-refractivity contribution >= 4 is 17.8 Å². The van der Waals surface area contributed by atoms with Crippen molar-refractivity contribution in [1.29, 1.82) is 0 Å². The number of hydrogen-bond acceptors (Lipinski definition) is 7. The summed E-state index contributed by atoms with van der Waals surface area (Å²) < 4.78 is 15.9. The summed E-state index contributed by atoms with van der Waals surface area (Å²) in [6.45, 7) is 3.91. The molecule has 2 aliphatic rings. The van der Waals surface area contributed by atoms with Crippen LogP contribution in [-0.4, -0.2) is 66.4 Å². The fraction of sp³-hybridized carbons (Fsp3) is 0.611. The number of unbranched alkanes of at least 4 members (excludes halogenated alkanes) is 1. The third-order valence-corrected chi connectivity index (χ3v) is 4.35. The van der Waals surface area contributed by atoms with Gasteiger partial charge in [0.25, 0.3) is 5.91 Å². The van der Waals surface area contributed by atoms with Crippen LogP contribution in [0.15, 0.2) is 24.0 Å². The van der Waals surface area contributed by atoms with Crippen molar-refractivity contribution in [2.45, 2.75) is 44.9 Å². The average Bonchev–Trinajstić information content (AvgIpc) is 3.00. The number of ether oxygens (including phenoxy) is 3. The van der Waals surface area contributed by atoms with Crippen molar-refractivity contribution in [3.63, 3.8) is 0 Å². The maximum Gasteiger partial charge on any atom is 0.417 e. The van der Waals surface area contributed by atoms with Crippen LogP contribution in [0.1, 0.15) is 26.7 Å². The normalized spacial score (nSPS) is 25.6. The number of aliphatic hydroxyl groups excluding tert-OH is 1. The Labute approximate surface area is 152 Å². The van der Waals surface area contributed by atoms with E-state index in [0.29, 0.717) is 18.6 Å². The monoisotopic (exact) mass is 367 g/mol. The molecular weight excluding hydrogens is 342 g/mol. The minimum atomic E-state index is -1.26. The Morgan fingerprint density at radius 2 is 2.15 bits per heavy atom. The smallest absolute Gasteiger partial charge is 0.417 e. The topological polar surface area (TPSA) is 102 Å². The Morgan fingerprint density at radius 3 is 2.77 bits per heavy atom. The molecule has 3 atom stereocenters. The summed E-state index contributed by atoms with van der Waals surface area (Å²) in [5.74, 6) is -0.655. The minimum Gasteiger partial charge on any atom is -0.479 e. The quantitative estimate of drug-likeness (QED) is 0.674. The van der Waals surface area contributed by atoms with Crippen LogP contribution in [0.5, 0.6) is 0 Å². The van der Waals surface area contributed by atoms with Crippen molar-refractivity contribution in [2.75, 3.05) is 20.3 Å². The standard InChI is InChI=1S/C18H25NO7/c1-11(2)13-10-25-18(23)19(13)17(22)16(24-3)15-14(21)8-7-12(26-15)6-4-5-9-20/h6-8,11,13,15-16,20H,4-5,9-10H2,1-3H3/t13-,15-,16+/m0/s1. The number of carbonyl (C=O) groups excluding carboxylic acids is 3. The van der Waals surface area contributed by atoms with E-state index in [1.165, 1.54) is 19.3 Å². The largest absolute Gasteiger partial charge is 0.479 e. The van der Waals surface area contributed by atoms with Gasteiger partial charge in [-0.05, 0) is 37.0 Å². The van der Waals surface area contributed by atoms with Gasteiger partial charge in [-0.1, -0.05) is 13.8 Å². The van der Waals surface area contributed by atoms with Crippen LogP contribution in [0.4, 0.5) is 4.79 Å². The van der Waals surface area contributed by atoms with Gasteiger partial charge in [-0.25, -0.2) is 9.69 Å². The number of allylic oxidation sites excluding steroid dienone is 2. The van der Waals surface area contributed by atoms with Crippen LogP contribution < -0.4 is 0 Å². The summed E-state index contributed by atoms with van der Waals surface area (Å²) in [4.78, 5) is 38.2. The molecule has 0 unspecified atom stereocenters. The van der Waals surface area contributed by atoms with Crippen molar-refractivity contribution < 1.29 is 33.7 Å². The van der Waals surface area contributed by atoms with Crippen molar-refractivity contribution in [3.05, 3.63) is 24.0 Å². The van der Waals surface area contributed by atoms with Crippen LogP contribution in [-0.2, 0) is 23.8 Å². The predicted molar refractivity (Wildman–Crippen MR) is 91.0 cm³/mol. The molecule has 0 aliphatic carbocycles. The van der Waals surface area contributed by atoms with E-state index in [-0.39, 0.29) is 19.1 Å². The Bertz CT molecular complexity index is 611. The highest BCUT2D eigenvalue weighted by molar-refractivity contribution is 6.03. The Kier molecular flexibility index (Phi) is 6.93. The van der Waals surface area contributed by atoms with E-state index >= 15 is 0 Å². The minimum absolute atomic E-state index is 0.000263. The van der Waals surface area contributed by atoms with E-state index in [4.69, 9.17) is 19.3 Å². The SMILES string of the molecule is CO[C@@H](C(=O)N1C(=O)OC[C@H]1C(C)C)[C@H]1OC(=CCCCO)C=CC1=O. The number of methoxy groups -OCH3 is 1. The van der Waals surface area contributed by atoms with E-state index in [1.54, 1.807) is 6.08 Å². The molecule has 1 fully saturated rings. The van der Waals surface area contributed by atoms with E-state index in [9.17, 15) is 14.4 Å². The second-order valence-electron chi connectivity index (χ2n) is 6.50. The van der Waals surface area contributed by atoms with Gasteiger partial charge in [0.15, 0.2) is 18.0 Å². The van der Waals surface area contributed by atoms with Gasteiger partial charge in [0.2, 0.25) is 0 Å². The Hall–Kier alpha value is -2.19. The van der Waals surface area contributed by atoms with Crippen LogP contribution in [0, 0.1) is 5.92 Å². The number of amides is 2. The molecule has 0 bridgehead atoms. The maximum atomic E-state index is 12.9. The summed E-state index contributed by atoms with van der Waals surface area (Å²) >= 11 is 0. The van der Waals surface area contributed by atoms with Crippen LogP contribution in [0.25, 0.3) is 0 Å². The van der Waals surface area contributed by atoms with E-state index < -0.39 is 36.0 Å². The highest BCUT2D eigenvalue weighted by Gasteiger charge is 2.46. The summed E-state index contributed by atoms with van der Waals surface area (Å²) in [5, 5.41) is 8.85. The van der Waals surface area contributed by atoms with Crippen LogP contribution in [0.3, 0.4) is 0 Å². The van der Waals surface area contributed by atoms with Gasteiger partial charge in [0, 0.05) is 13.7 Å². The molecule has 0 aromatic heterocycles. The lowest BCUT2D eigenvalue weighted by Gasteiger charge is -2.31. The van der Waals surface area contributed by atoms with Gasteiger partial charge < -0.3 is 19.3 Å². The molecule has 2 heterocycles. The molecule has 2 aliphatic heterocycles. The first kappa shape index (κ1) is 20.1. The second kappa shape index (κ2) is 8.95. The van der Waals surface area contributed by atoms with Gasteiger partial charge in [0.1, 0.15) is 12.4 Å². The number of aliphatic hydroxyl groups is 1. The number of cyclic esters (lactones) is 1.